The second-order valence-electron chi connectivity index (χ2n) is 8.82. The fraction of sp³-hybridized carbons (Fsp3) is 0.636. The molecule has 1 fully saturated rings. The van der Waals surface area contributed by atoms with Crippen molar-refractivity contribution in [1.29, 1.82) is 0 Å². The average molecular weight is 374 g/mol. The summed E-state index contributed by atoms with van der Waals surface area (Å²) in [6.07, 6.45) is 9.05. The molecule has 1 heterocycles. The molecule has 0 radical (unpaired) electrons. The van der Waals surface area contributed by atoms with Crippen LogP contribution in [-0.4, -0.2) is 23.1 Å². The number of aryl methyl sites for hydroxylation is 1. The van der Waals surface area contributed by atoms with Gasteiger partial charge >= 0.3 is 11.9 Å². The number of esters is 1. The number of rotatable bonds is 5. The van der Waals surface area contributed by atoms with Crippen LogP contribution in [0.3, 0.4) is 0 Å². The lowest BCUT2D eigenvalue weighted by molar-refractivity contribution is -0.151. The van der Waals surface area contributed by atoms with Crippen LogP contribution in [0, 0.1) is 22.7 Å². The highest BCUT2D eigenvalue weighted by Crippen LogP contribution is 2.62. The van der Waals surface area contributed by atoms with E-state index in [1.165, 1.54) is 6.92 Å². The maximum Gasteiger partial charge on any atom is 0.331 e. The van der Waals surface area contributed by atoms with Gasteiger partial charge in [-0.05, 0) is 67.1 Å². The number of aliphatic carboxylic acids is 1. The van der Waals surface area contributed by atoms with Gasteiger partial charge in [0.25, 0.3) is 0 Å². The zero-order valence-electron chi connectivity index (χ0n) is 16.7. The zero-order valence-corrected chi connectivity index (χ0v) is 16.7. The number of carboxylic acid groups (broad SMARTS) is 1. The summed E-state index contributed by atoms with van der Waals surface area (Å²) in [6, 6.07) is 1.99. The van der Waals surface area contributed by atoms with Crippen LogP contribution < -0.4 is 0 Å². The molecule has 0 saturated heterocycles. The van der Waals surface area contributed by atoms with Crippen molar-refractivity contribution in [1.82, 2.24) is 0 Å². The number of hydrogen-bond acceptors (Lipinski definition) is 4. The van der Waals surface area contributed by atoms with Gasteiger partial charge in [-0.15, -0.1) is 0 Å². The van der Waals surface area contributed by atoms with Crippen molar-refractivity contribution in [3.05, 3.63) is 35.8 Å². The summed E-state index contributed by atoms with van der Waals surface area (Å²) < 4.78 is 10.7. The van der Waals surface area contributed by atoms with Crippen molar-refractivity contribution in [3.63, 3.8) is 0 Å². The van der Waals surface area contributed by atoms with E-state index >= 15 is 0 Å². The number of hydrogen-bond donors (Lipinski definition) is 1. The third-order valence-electron chi connectivity index (χ3n) is 7.30. The van der Waals surface area contributed by atoms with Crippen molar-refractivity contribution < 1.29 is 23.8 Å². The van der Waals surface area contributed by atoms with E-state index in [0.717, 1.165) is 31.2 Å². The Morgan fingerprint density at radius 3 is 2.70 bits per heavy atom. The highest BCUT2D eigenvalue weighted by Gasteiger charge is 2.56. The number of furan rings is 1. The lowest BCUT2D eigenvalue weighted by Gasteiger charge is -2.58. The summed E-state index contributed by atoms with van der Waals surface area (Å²) in [7, 11) is 0. The standard InChI is InChI=1S/C22H30O5/c1-14-5-8-22(4)18(20(24)25)11-17(27-15(2)23)12-19(22)21(14,3)9-6-16-7-10-26-13-16/h7,10-11,13-14,17,19H,5-6,8-9,12H2,1-4H3,(H,24,25)/t14-,17+,19-,21+,22+/m1/s1. The van der Waals surface area contributed by atoms with E-state index in [0.29, 0.717) is 17.9 Å². The molecule has 0 aromatic carbocycles. The molecule has 5 atom stereocenters. The summed E-state index contributed by atoms with van der Waals surface area (Å²) in [6.45, 7) is 8.03. The Morgan fingerprint density at radius 1 is 1.37 bits per heavy atom. The lowest BCUT2D eigenvalue weighted by Crippen LogP contribution is -2.53. The second-order valence-corrected chi connectivity index (χ2v) is 8.82. The van der Waals surface area contributed by atoms with E-state index in [1.807, 2.05) is 6.07 Å². The fourth-order valence-corrected chi connectivity index (χ4v) is 5.50. The van der Waals surface area contributed by atoms with Crippen molar-refractivity contribution in [3.8, 4) is 0 Å². The molecular formula is C22H30O5. The minimum atomic E-state index is -0.897. The molecular weight excluding hydrogens is 344 g/mol. The van der Waals surface area contributed by atoms with Crippen molar-refractivity contribution in [2.75, 3.05) is 0 Å². The highest BCUT2D eigenvalue weighted by atomic mass is 16.5. The maximum absolute atomic E-state index is 12.1. The summed E-state index contributed by atoms with van der Waals surface area (Å²) in [5, 5.41) is 9.89. The van der Waals surface area contributed by atoms with Crippen LogP contribution in [0.2, 0.25) is 0 Å². The molecule has 27 heavy (non-hydrogen) atoms. The topological polar surface area (TPSA) is 76.7 Å². The molecule has 148 valence electrons. The Balaban J connectivity index is 1.96. The van der Waals surface area contributed by atoms with Gasteiger partial charge in [0.2, 0.25) is 0 Å². The predicted octanol–water partition coefficient (Wildman–Crippen LogP) is 4.62. The van der Waals surface area contributed by atoms with Crippen LogP contribution in [0.5, 0.6) is 0 Å². The Morgan fingerprint density at radius 2 is 2.11 bits per heavy atom. The van der Waals surface area contributed by atoms with Gasteiger partial charge in [0.05, 0.1) is 12.5 Å². The van der Waals surface area contributed by atoms with E-state index in [1.54, 1.807) is 18.6 Å². The molecule has 1 saturated carbocycles. The fourth-order valence-electron chi connectivity index (χ4n) is 5.50. The van der Waals surface area contributed by atoms with E-state index in [2.05, 4.69) is 20.8 Å². The van der Waals surface area contributed by atoms with Crippen molar-refractivity contribution in [2.45, 2.75) is 65.9 Å². The van der Waals surface area contributed by atoms with E-state index in [4.69, 9.17) is 9.15 Å². The molecule has 3 rings (SSSR count). The highest BCUT2D eigenvalue weighted by molar-refractivity contribution is 5.88. The Hall–Kier alpha value is -2.04. The first-order chi connectivity index (χ1) is 12.7. The zero-order chi connectivity index (χ0) is 19.8. The first-order valence-electron chi connectivity index (χ1n) is 9.80. The van der Waals surface area contributed by atoms with Crippen LogP contribution in [0.15, 0.2) is 34.7 Å². The van der Waals surface area contributed by atoms with Gasteiger partial charge in [-0.1, -0.05) is 20.8 Å². The number of carbonyl (C=O) groups excluding carboxylic acids is 1. The van der Waals surface area contributed by atoms with Crippen LogP contribution in [-0.2, 0) is 20.7 Å². The normalized spacial score (nSPS) is 35.9. The molecule has 2 aliphatic carbocycles. The summed E-state index contributed by atoms with van der Waals surface area (Å²) in [5.74, 6) is -0.658. The van der Waals surface area contributed by atoms with Crippen LogP contribution in [0.1, 0.15) is 58.9 Å². The molecule has 5 nitrogen and oxygen atoms in total. The van der Waals surface area contributed by atoms with Crippen LogP contribution >= 0.6 is 0 Å². The van der Waals surface area contributed by atoms with Gasteiger partial charge in [0, 0.05) is 17.9 Å². The molecule has 0 amide bonds. The van der Waals surface area contributed by atoms with Crippen molar-refractivity contribution >= 4 is 11.9 Å². The minimum absolute atomic E-state index is 0.0440. The molecule has 0 unspecified atom stereocenters. The largest absolute Gasteiger partial charge is 0.478 e. The number of carbonyl (C=O) groups is 2. The summed E-state index contributed by atoms with van der Waals surface area (Å²) in [5.41, 5.74) is 1.13. The van der Waals surface area contributed by atoms with E-state index in [-0.39, 0.29) is 17.3 Å². The van der Waals surface area contributed by atoms with Gasteiger partial charge < -0.3 is 14.3 Å². The summed E-state index contributed by atoms with van der Waals surface area (Å²) >= 11 is 0. The van der Waals surface area contributed by atoms with Crippen LogP contribution in [0.4, 0.5) is 0 Å². The first kappa shape index (κ1) is 19.7. The lowest BCUT2D eigenvalue weighted by atomic mass is 9.46. The molecule has 0 spiro atoms. The molecule has 5 heteroatoms. The SMILES string of the molecule is CC(=O)O[C@H]1C=C(C(=O)O)[C@]2(C)CC[C@@H](C)[C@](C)(CCc3ccoc3)[C@H]2C1. The smallest absolute Gasteiger partial charge is 0.331 e. The molecule has 1 aromatic heterocycles. The maximum atomic E-state index is 12.1. The molecule has 0 bridgehead atoms. The third-order valence-corrected chi connectivity index (χ3v) is 7.30. The van der Waals surface area contributed by atoms with E-state index in [9.17, 15) is 14.7 Å². The number of ether oxygens (including phenoxy) is 1. The number of fused-ring (bicyclic) bond motifs is 1. The summed E-state index contributed by atoms with van der Waals surface area (Å²) in [4.78, 5) is 23.6. The third kappa shape index (κ3) is 3.56. The van der Waals surface area contributed by atoms with Gasteiger partial charge in [-0.3, -0.25) is 4.79 Å². The van der Waals surface area contributed by atoms with Gasteiger partial charge in [-0.25, -0.2) is 4.79 Å². The van der Waals surface area contributed by atoms with Crippen LogP contribution in [0.25, 0.3) is 0 Å². The first-order valence-corrected chi connectivity index (χ1v) is 9.80. The monoisotopic (exact) mass is 374 g/mol. The van der Waals surface area contributed by atoms with E-state index < -0.39 is 17.5 Å². The molecule has 1 N–H and O–H groups in total. The quantitative estimate of drug-likeness (QED) is 0.761. The van der Waals surface area contributed by atoms with Gasteiger partial charge in [0.15, 0.2) is 0 Å². The number of carboxylic acids is 1. The van der Waals surface area contributed by atoms with Crippen molar-refractivity contribution in [2.24, 2.45) is 22.7 Å². The minimum Gasteiger partial charge on any atom is -0.478 e. The second kappa shape index (κ2) is 7.17. The predicted molar refractivity (Wildman–Crippen MR) is 101 cm³/mol. The Bertz CT molecular complexity index is 734. The molecule has 0 aliphatic heterocycles. The Kier molecular flexibility index (Phi) is 5.24. The average Bonchev–Trinajstić information content (AvgIpc) is 3.11. The van der Waals surface area contributed by atoms with Gasteiger partial charge in [0.1, 0.15) is 6.10 Å². The Labute approximate surface area is 160 Å². The molecule has 1 aromatic rings. The van der Waals surface area contributed by atoms with Gasteiger partial charge in [-0.2, -0.15) is 0 Å². The molecule has 2 aliphatic rings.